The molecule has 2 aromatic carbocycles. The lowest BCUT2D eigenvalue weighted by Gasteiger charge is -2.29. The molecule has 4 nitrogen and oxygen atoms in total. The number of hydrogen-bond acceptors (Lipinski definition) is 3. The van der Waals surface area contributed by atoms with Crippen LogP contribution in [0.25, 0.3) is 0 Å². The molecule has 1 amide bonds. The van der Waals surface area contributed by atoms with Crippen LogP contribution in [-0.4, -0.2) is 19.4 Å². The van der Waals surface area contributed by atoms with Crippen molar-refractivity contribution in [1.29, 1.82) is 0 Å². The van der Waals surface area contributed by atoms with Crippen molar-refractivity contribution in [2.45, 2.75) is 37.7 Å². The standard InChI is InChI=1S/C19H21NO3S/c1-19(2,3)24(22)20-16(14-10-6-4-7-11-14)17(23-18(20)21)15-12-8-5-9-13-15/h4-13,16-17H,1-3H3/t16-,17+,24-/m0/s1. The molecule has 0 bridgehead atoms. The summed E-state index contributed by atoms with van der Waals surface area (Å²) < 4.78 is 19.4. The largest absolute Gasteiger partial charge is 0.438 e. The lowest BCUT2D eigenvalue weighted by Crippen LogP contribution is -2.39. The van der Waals surface area contributed by atoms with Gasteiger partial charge in [0.25, 0.3) is 0 Å². The fourth-order valence-corrected chi connectivity index (χ4v) is 3.99. The number of rotatable bonds is 3. The monoisotopic (exact) mass is 343 g/mol. The molecular weight excluding hydrogens is 322 g/mol. The Balaban J connectivity index is 2.08. The molecule has 0 radical (unpaired) electrons. The van der Waals surface area contributed by atoms with Crippen molar-refractivity contribution in [1.82, 2.24) is 4.31 Å². The van der Waals surface area contributed by atoms with Gasteiger partial charge in [-0.15, -0.1) is 0 Å². The Labute approximate surface area is 145 Å². The zero-order valence-electron chi connectivity index (χ0n) is 14.0. The van der Waals surface area contributed by atoms with Crippen LogP contribution in [0.2, 0.25) is 0 Å². The van der Waals surface area contributed by atoms with Crippen molar-refractivity contribution in [3.63, 3.8) is 0 Å². The van der Waals surface area contributed by atoms with Gasteiger partial charge in [0, 0.05) is 0 Å². The van der Waals surface area contributed by atoms with Gasteiger partial charge < -0.3 is 4.74 Å². The quantitative estimate of drug-likeness (QED) is 0.831. The summed E-state index contributed by atoms with van der Waals surface area (Å²) in [5.41, 5.74) is 1.81. The maximum atomic E-state index is 13.0. The van der Waals surface area contributed by atoms with Gasteiger partial charge in [0.1, 0.15) is 17.0 Å². The van der Waals surface area contributed by atoms with Crippen LogP contribution in [0.1, 0.15) is 44.0 Å². The van der Waals surface area contributed by atoms with E-state index in [2.05, 4.69) is 0 Å². The first-order chi connectivity index (χ1) is 11.4. The molecule has 24 heavy (non-hydrogen) atoms. The Morgan fingerprint density at radius 3 is 1.92 bits per heavy atom. The van der Waals surface area contributed by atoms with Gasteiger partial charge in [0.05, 0.1) is 4.75 Å². The van der Waals surface area contributed by atoms with Gasteiger partial charge in [0.2, 0.25) is 0 Å². The zero-order chi connectivity index (χ0) is 17.3. The van der Waals surface area contributed by atoms with Crippen molar-refractivity contribution in [2.24, 2.45) is 0 Å². The molecule has 1 aliphatic heterocycles. The number of carbonyl (C=O) groups is 1. The Morgan fingerprint density at radius 1 is 0.917 bits per heavy atom. The van der Waals surface area contributed by atoms with Crippen LogP contribution in [0.3, 0.4) is 0 Å². The highest BCUT2D eigenvalue weighted by Crippen LogP contribution is 2.45. The second-order valence-corrected chi connectivity index (χ2v) is 8.87. The molecule has 5 heteroatoms. The summed E-state index contributed by atoms with van der Waals surface area (Å²) in [4.78, 5) is 12.5. The van der Waals surface area contributed by atoms with Gasteiger partial charge in [-0.3, -0.25) is 0 Å². The zero-order valence-corrected chi connectivity index (χ0v) is 14.8. The molecule has 1 heterocycles. The third-order valence-electron chi connectivity index (χ3n) is 3.92. The summed E-state index contributed by atoms with van der Waals surface area (Å²) in [5, 5.41) is 0. The molecule has 1 aliphatic rings. The van der Waals surface area contributed by atoms with E-state index in [4.69, 9.17) is 4.74 Å². The molecule has 0 spiro atoms. The summed E-state index contributed by atoms with van der Waals surface area (Å²) >= 11 is 0. The second kappa shape index (κ2) is 6.40. The molecular formula is C19H21NO3S. The number of cyclic esters (lactones) is 1. The molecule has 0 saturated carbocycles. The molecule has 0 aromatic heterocycles. The molecule has 0 unspecified atom stereocenters. The predicted octanol–water partition coefficient (Wildman–Crippen LogP) is 4.38. The number of ether oxygens (including phenoxy) is 1. The van der Waals surface area contributed by atoms with Gasteiger partial charge >= 0.3 is 6.09 Å². The average molecular weight is 343 g/mol. The summed E-state index contributed by atoms with van der Waals surface area (Å²) in [6.07, 6.45) is -1.02. The van der Waals surface area contributed by atoms with Crippen molar-refractivity contribution in [3.05, 3.63) is 71.8 Å². The van der Waals surface area contributed by atoms with Crippen LogP contribution < -0.4 is 0 Å². The average Bonchev–Trinajstić information content (AvgIpc) is 2.92. The SMILES string of the molecule is CC(C)(C)[S@](=O)N1C(=O)O[C@H](c2ccccc2)[C@@H]1c1ccccc1. The van der Waals surface area contributed by atoms with Gasteiger partial charge in [-0.25, -0.2) is 13.3 Å². The number of benzene rings is 2. The smallest absolute Gasteiger partial charge is 0.423 e. The van der Waals surface area contributed by atoms with E-state index >= 15 is 0 Å². The summed E-state index contributed by atoms with van der Waals surface area (Å²) in [7, 11) is -1.51. The number of nitrogens with zero attached hydrogens (tertiary/aromatic N) is 1. The predicted molar refractivity (Wildman–Crippen MR) is 94.6 cm³/mol. The van der Waals surface area contributed by atoms with E-state index in [0.717, 1.165) is 11.1 Å². The van der Waals surface area contributed by atoms with Crippen LogP contribution in [0.5, 0.6) is 0 Å². The Morgan fingerprint density at radius 2 is 1.42 bits per heavy atom. The minimum atomic E-state index is -1.51. The van der Waals surface area contributed by atoms with Gasteiger partial charge in [-0.05, 0) is 31.9 Å². The van der Waals surface area contributed by atoms with Crippen molar-refractivity contribution in [3.8, 4) is 0 Å². The molecule has 1 fully saturated rings. The van der Waals surface area contributed by atoms with E-state index in [1.807, 2.05) is 81.4 Å². The summed E-state index contributed by atoms with van der Waals surface area (Å²) in [6, 6.07) is 18.8. The first-order valence-electron chi connectivity index (χ1n) is 7.91. The highest BCUT2D eigenvalue weighted by atomic mass is 32.2. The molecule has 0 N–H and O–H groups in total. The number of hydrogen-bond donors (Lipinski definition) is 0. The van der Waals surface area contributed by atoms with E-state index in [1.54, 1.807) is 0 Å². The fourth-order valence-electron chi connectivity index (χ4n) is 2.78. The molecule has 3 atom stereocenters. The summed E-state index contributed by atoms with van der Waals surface area (Å²) in [6.45, 7) is 5.57. The van der Waals surface area contributed by atoms with E-state index in [9.17, 15) is 9.00 Å². The topological polar surface area (TPSA) is 46.6 Å². The Kier molecular flexibility index (Phi) is 4.45. The van der Waals surface area contributed by atoms with Crippen LogP contribution in [0, 0.1) is 0 Å². The van der Waals surface area contributed by atoms with E-state index < -0.39 is 34.0 Å². The van der Waals surface area contributed by atoms with Crippen molar-refractivity contribution < 1.29 is 13.7 Å². The Hall–Kier alpha value is -2.14. The van der Waals surface area contributed by atoms with Crippen LogP contribution >= 0.6 is 0 Å². The number of carbonyl (C=O) groups excluding carboxylic acids is 1. The first kappa shape index (κ1) is 16.7. The fraction of sp³-hybridized carbons (Fsp3) is 0.316. The van der Waals surface area contributed by atoms with Crippen LogP contribution in [0.4, 0.5) is 4.79 Å². The van der Waals surface area contributed by atoms with Gasteiger partial charge in [-0.1, -0.05) is 60.7 Å². The van der Waals surface area contributed by atoms with E-state index in [0.29, 0.717) is 0 Å². The maximum absolute atomic E-state index is 13.0. The summed E-state index contributed by atoms with van der Waals surface area (Å²) in [5.74, 6) is 0. The van der Waals surface area contributed by atoms with Gasteiger partial charge in [0.15, 0.2) is 6.10 Å². The molecule has 2 aromatic rings. The lowest BCUT2D eigenvalue weighted by atomic mass is 9.97. The second-order valence-electron chi connectivity index (χ2n) is 6.76. The third kappa shape index (κ3) is 3.08. The van der Waals surface area contributed by atoms with E-state index in [1.165, 1.54) is 4.31 Å². The van der Waals surface area contributed by atoms with Crippen LogP contribution in [0.15, 0.2) is 60.7 Å². The third-order valence-corrected chi connectivity index (χ3v) is 5.70. The van der Waals surface area contributed by atoms with Crippen molar-refractivity contribution in [2.75, 3.05) is 0 Å². The number of amides is 1. The maximum Gasteiger partial charge on any atom is 0.423 e. The highest BCUT2D eigenvalue weighted by molar-refractivity contribution is 7.84. The van der Waals surface area contributed by atoms with Crippen LogP contribution in [-0.2, 0) is 15.7 Å². The minimum Gasteiger partial charge on any atom is -0.438 e. The molecule has 1 saturated heterocycles. The van der Waals surface area contributed by atoms with Crippen molar-refractivity contribution >= 4 is 17.1 Å². The van der Waals surface area contributed by atoms with E-state index in [-0.39, 0.29) is 0 Å². The first-order valence-corrected chi connectivity index (χ1v) is 9.02. The minimum absolute atomic E-state index is 0.416. The normalized spacial score (nSPS) is 22.3. The van der Waals surface area contributed by atoms with Gasteiger partial charge in [-0.2, -0.15) is 0 Å². The molecule has 3 rings (SSSR count). The molecule has 126 valence electrons. The highest BCUT2D eigenvalue weighted by Gasteiger charge is 2.48. The lowest BCUT2D eigenvalue weighted by molar-refractivity contribution is 0.131. The molecule has 0 aliphatic carbocycles. The Bertz CT molecular complexity index is 740.